The van der Waals surface area contributed by atoms with Gasteiger partial charge in [0.1, 0.15) is 6.61 Å². The second kappa shape index (κ2) is 7.26. The third-order valence-electron chi connectivity index (χ3n) is 3.03. The van der Waals surface area contributed by atoms with Crippen LogP contribution in [0.1, 0.15) is 15.9 Å². The second-order valence-corrected chi connectivity index (χ2v) is 5.81. The third-order valence-corrected chi connectivity index (χ3v) is 3.70. The van der Waals surface area contributed by atoms with Crippen molar-refractivity contribution in [2.24, 2.45) is 0 Å². The van der Waals surface area contributed by atoms with Gasteiger partial charge in [0.15, 0.2) is 0 Å². The van der Waals surface area contributed by atoms with Crippen molar-refractivity contribution in [3.05, 3.63) is 63.2 Å². The molecular formula is C16H14INO4. The molecular weight excluding hydrogens is 397 g/mol. The molecule has 0 bridgehead atoms. The van der Waals surface area contributed by atoms with Crippen LogP contribution in [0.5, 0.6) is 0 Å². The van der Waals surface area contributed by atoms with Gasteiger partial charge in [-0.15, -0.1) is 0 Å². The number of carbonyl (C=O) groups excluding carboxylic acids is 1. The lowest BCUT2D eigenvalue weighted by molar-refractivity contribution is 0.0697. The lowest BCUT2D eigenvalue weighted by Crippen LogP contribution is -2.28. The highest BCUT2D eigenvalue weighted by Gasteiger charge is 2.19. The van der Waals surface area contributed by atoms with E-state index in [1.165, 1.54) is 18.0 Å². The summed E-state index contributed by atoms with van der Waals surface area (Å²) >= 11 is 2.06. The first-order valence-corrected chi connectivity index (χ1v) is 7.54. The van der Waals surface area contributed by atoms with Gasteiger partial charge in [-0.3, -0.25) is 4.90 Å². The van der Waals surface area contributed by atoms with E-state index in [2.05, 4.69) is 22.6 Å². The first kappa shape index (κ1) is 16.3. The quantitative estimate of drug-likeness (QED) is 0.779. The Hall–Kier alpha value is -2.09. The second-order valence-electron chi connectivity index (χ2n) is 4.57. The molecule has 0 unspecified atom stereocenters. The van der Waals surface area contributed by atoms with Crippen LogP contribution in [0.4, 0.5) is 10.5 Å². The number of benzene rings is 2. The van der Waals surface area contributed by atoms with Crippen LogP contribution >= 0.6 is 22.6 Å². The summed E-state index contributed by atoms with van der Waals surface area (Å²) in [5.41, 5.74) is 1.22. The number of hydrogen-bond donors (Lipinski definition) is 1. The molecule has 2 rings (SSSR count). The molecule has 0 aliphatic rings. The maximum Gasteiger partial charge on any atom is 0.414 e. The van der Waals surface area contributed by atoms with Crippen molar-refractivity contribution in [1.29, 1.82) is 0 Å². The highest BCUT2D eigenvalue weighted by molar-refractivity contribution is 14.1. The maximum absolute atomic E-state index is 12.1. The van der Waals surface area contributed by atoms with E-state index >= 15 is 0 Å². The van der Waals surface area contributed by atoms with E-state index in [-0.39, 0.29) is 12.2 Å². The van der Waals surface area contributed by atoms with Crippen LogP contribution in [0, 0.1) is 3.57 Å². The number of amides is 1. The van der Waals surface area contributed by atoms with Crippen molar-refractivity contribution in [1.82, 2.24) is 0 Å². The average molecular weight is 411 g/mol. The van der Waals surface area contributed by atoms with Gasteiger partial charge in [0.25, 0.3) is 0 Å². The van der Waals surface area contributed by atoms with Gasteiger partial charge in [-0.25, -0.2) is 9.59 Å². The van der Waals surface area contributed by atoms with E-state index in [4.69, 9.17) is 4.74 Å². The fraction of sp³-hybridized carbons (Fsp3) is 0.125. The molecule has 0 spiro atoms. The summed E-state index contributed by atoms with van der Waals surface area (Å²) in [4.78, 5) is 24.6. The smallest absolute Gasteiger partial charge is 0.414 e. The number of hydrogen-bond acceptors (Lipinski definition) is 3. The molecule has 2 aromatic carbocycles. The van der Waals surface area contributed by atoms with Gasteiger partial charge < -0.3 is 9.84 Å². The van der Waals surface area contributed by atoms with Crippen molar-refractivity contribution in [2.45, 2.75) is 6.61 Å². The molecule has 1 N–H and O–H groups in total. The predicted molar refractivity (Wildman–Crippen MR) is 91.1 cm³/mol. The van der Waals surface area contributed by atoms with Crippen LogP contribution in [0.15, 0.2) is 48.5 Å². The van der Waals surface area contributed by atoms with E-state index in [1.54, 1.807) is 12.1 Å². The fourth-order valence-corrected chi connectivity index (χ4v) is 2.35. The molecule has 0 fully saturated rings. The molecule has 6 heteroatoms. The lowest BCUT2D eigenvalue weighted by Gasteiger charge is -2.19. The standard InChI is InChI=1S/C16H14INO4/c1-18(14-9-12(17)7-8-13(14)15(19)20)16(21)22-10-11-5-3-2-4-6-11/h2-9H,10H2,1H3,(H,19,20). The summed E-state index contributed by atoms with van der Waals surface area (Å²) in [6.07, 6.45) is -0.603. The topological polar surface area (TPSA) is 66.8 Å². The van der Waals surface area contributed by atoms with Crippen molar-refractivity contribution >= 4 is 40.3 Å². The molecule has 0 radical (unpaired) electrons. The number of carbonyl (C=O) groups is 2. The monoisotopic (exact) mass is 411 g/mol. The van der Waals surface area contributed by atoms with Gasteiger partial charge in [-0.05, 0) is 46.4 Å². The van der Waals surface area contributed by atoms with Gasteiger partial charge in [0, 0.05) is 10.6 Å². The minimum absolute atomic E-state index is 0.0552. The lowest BCUT2D eigenvalue weighted by atomic mass is 10.1. The first-order valence-electron chi connectivity index (χ1n) is 6.46. The zero-order valence-corrected chi connectivity index (χ0v) is 14.0. The Kier molecular flexibility index (Phi) is 5.37. The number of rotatable bonds is 4. The molecule has 5 nitrogen and oxygen atoms in total. The van der Waals surface area contributed by atoms with Crippen LogP contribution < -0.4 is 4.90 Å². The number of carboxylic acids is 1. The summed E-state index contributed by atoms with van der Waals surface area (Å²) < 4.78 is 6.04. The molecule has 0 aromatic heterocycles. The fourth-order valence-electron chi connectivity index (χ4n) is 1.88. The van der Waals surface area contributed by atoms with Crippen molar-refractivity contribution in [2.75, 3.05) is 11.9 Å². The molecule has 114 valence electrons. The largest absolute Gasteiger partial charge is 0.478 e. The number of nitrogens with zero attached hydrogens (tertiary/aromatic N) is 1. The molecule has 2 aromatic rings. The van der Waals surface area contributed by atoms with Gasteiger partial charge in [-0.1, -0.05) is 30.3 Å². The van der Waals surface area contributed by atoms with E-state index in [0.29, 0.717) is 5.69 Å². The van der Waals surface area contributed by atoms with Gasteiger partial charge in [-0.2, -0.15) is 0 Å². The minimum atomic E-state index is -1.09. The van der Waals surface area contributed by atoms with Gasteiger partial charge >= 0.3 is 12.1 Å². The Balaban J connectivity index is 2.13. The maximum atomic E-state index is 12.1. The summed E-state index contributed by atoms with van der Waals surface area (Å²) in [7, 11) is 1.49. The summed E-state index contributed by atoms with van der Waals surface area (Å²) in [5.74, 6) is -1.09. The van der Waals surface area contributed by atoms with Crippen molar-refractivity contribution in [3.8, 4) is 0 Å². The highest BCUT2D eigenvalue weighted by atomic mass is 127. The first-order chi connectivity index (χ1) is 10.5. The molecule has 0 aliphatic carbocycles. The molecule has 0 saturated heterocycles. The van der Waals surface area contributed by atoms with E-state index in [1.807, 2.05) is 30.3 Å². The Morgan fingerprint density at radius 3 is 2.50 bits per heavy atom. The zero-order valence-electron chi connectivity index (χ0n) is 11.8. The van der Waals surface area contributed by atoms with E-state index in [9.17, 15) is 14.7 Å². The number of ether oxygens (including phenoxy) is 1. The van der Waals surface area contributed by atoms with Crippen LogP contribution in [0.2, 0.25) is 0 Å². The van der Waals surface area contributed by atoms with Crippen molar-refractivity contribution < 1.29 is 19.4 Å². The SMILES string of the molecule is CN(C(=O)OCc1ccccc1)c1cc(I)ccc1C(=O)O. The van der Waals surface area contributed by atoms with Crippen LogP contribution in [0.3, 0.4) is 0 Å². The number of carboxylic acid groups (broad SMARTS) is 1. The zero-order chi connectivity index (χ0) is 16.1. The Morgan fingerprint density at radius 1 is 1.18 bits per heavy atom. The van der Waals surface area contributed by atoms with Crippen LogP contribution in [-0.4, -0.2) is 24.2 Å². The summed E-state index contributed by atoms with van der Waals surface area (Å²) in [5, 5.41) is 9.21. The number of aromatic carboxylic acids is 1. The predicted octanol–water partition coefficient (Wildman–Crippen LogP) is 3.76. The molecule has 0 atom stereocenters. The molecule has 0 aliphatic heterocycles. The van der Waals surface area contributed by atoms with Crippen molar-refractivity contribution in [3.63, 3.8) is 0 Å². The Labute approximate surface area is 141 Å². The minimum Gasteiger partial charge on any atom is -0.478 e. The number of anilines is 1. The van der Waals surface area contributed by atoms with E-state index in [0.717, 1.165) is 9.13 Å². The summed E-state index contributed by atoms with van der Waals surface area (Å²) in [6.45, 7) is 0.135. The molecule has 1 amide bonds. The number of halogens is 1. The molecule has 0 heterocycles. The van der Waals surface area contributed by atoms with Gasteiger partial charge in [0.2, 0.25) is 0 Å². The highest BCUT2D eigenvalue weighted by Crippen LogP contribution is 2.23. The van der Waals surface area contributed by atoms with Gasteiger partial charge in [0.05, 0.1) is 11.3 Å². The Morgan fingerprint density at radius 2 is 1.86 bits per heavy atom. The normalized spacial score (nSPS) is 10.1. The summed E-state index contributed by atoms with van der Waals surface area (Å²) in [6, 6.07) is 14.1. The average Bonchev–Trinajstić information content (AvgIpc) is 2.52. The van der Waals surface area contributed by atoms with E-state index < -0.39 is 12.1 Å². The third kappa shape index (κ3) is 3.97. The van der Waals surface area contributed by atoms with Crippen LogP contribution in [0.25, 0.3) is 0 Å². The van der Waals surface area contributed by atoms with Crippen LogP contribution in [-0.2, 0) is 11.3 Å². The molecule has 22 heavy (non-hydrogen) atoms. The molecule has 0 saturated carbocycles. The Bertz CT molecular complexity index is 688.